The van der Waals surface area contributed by atoms with E-state index in [1.807, 2.05) is 55.5 Å². The molecule has 2 aromatic carbocycles. The molecule has 2 aromatic heterocycles. The van der Waals surface area contributed by atoms with E-state index in [2.05, 4.69) is 4.74 Å². The average Bonchev–Trinajstić information content (AvgIpc) is 3.26. The van der Waals surface area contributed by atoms with Gasteiger partial charge in [0.1, 0.15) is 5.76 Å². The molecule has 1 atom stereocenters. The van der Waals surface area contributed by atoms with Gasteiger partial charge in [-0.05, 0) is 36.8 Å². The molecule has 2 heterocycles. The molecule has 0 amide bonds. The largest absolute Gasteiger partial charge is 0.463 e. The number of furan rings is 1. The minimum absolute atomic E-state index is 0.0888. The normalized spacial score (nSPS) is 12.1. The number of esters is 1. The van der Waals surface area contributed by atoms with Crippen molar-refractivity contribution < 1.29 is 13.9 Å². The number of para-hydroxylation sites is 1. The number of benzene rings is 2. The lowest BCUT2D eigenvalue weighted by Crippen LogP contribution is -2.27. The number of methoxy groups -OCH3 is 1. The van der Waals surface area contributed by atoms with Crippen molar-refractivity contribution >= 4 is 28.6 Å². The molecular weight excluding hydrogens is 400 g/mol. The van der Waals surface area contributed by atoms with E-state index in [9.17, 15) is 9.59 Å². The number of hydrogen-bond acceptors (Lipinski definition) is 6. The first-order valence-electron chi connectivity index (χ1n) is 9.44. The molecule has 0 N–H and O–H groups in total. The zero-order chi connectivity index (χ0) is 21.1. The Balaban J connectivity index is 1.73. The van der Waals surface area contributed by atoms with Crippen LogP contribution in [0.25, 0.3) is 10.9 Å². The summed E-state index contributed by atoms with van der Waals surface area (Å²) in [6.45, 7) is 1.99. The van der Waals surface area contributed by atoms with Crippen LogP contribution in [0.5, 0.6) is 0 Å². The quantitative estimate of drug-likeness (QED) is 0.256. The maximum atomic E-state index is 13.3. The van der Waals surface area contributed by atoms with Gasteiger partial charge in [-0.1, -0.05) is 54.2 Å². The van der Waals surface area contributed by atoms with Crippen LogP contribution in [0.3, 0.4) is 0 Å². The number of carbonyl (C=O) groups excluding carboxylic acids is 1. The van der Waals surface area contributed by atoms with Gasteiger partial charge in [0.25, 0.3) is 5.56 Å². The number of aromatic nitrogens is 2. The van der Waals surface area contributed by atoms with E-state index in [1.54, 1.807) is 22.8 Å². The van der Waals surface area contributed by atoms with Crippen molar-refractivity contribution in [2.75, 3.05) is 7.11 Å². The van der Waals surface area contributed by atoms with Crippen molar-refractivity contribution in [3.63, 3.8) is 0 Å². The van der Waals surface area contributed by atoms with Crippen LogP contribution in [-0.4, -0.2) is 22.6 Å². The number of hydrogen-bond donors (Lipinski definition) is 0. The number of fused-ring (bicyclic) bond motifs is 1. The maximum absolute atomic E-state index is 13.3. The summed E-state index contributed by atoms with van der Waals surface area (Å²) < 4.78 is 11.9. The molecule has 0 saturated carbocycles. The molecule has 4 aromatic rings. The van der Waals surface area contributed by atoms with Crippen LogP contribution in [0.15, 0.2) is 81.1 Å². The molecule has 0 saturated heterocycles. The first-order valence-corrected chi connectivity index (χ1v) is 10.4. The second kappa shape index (κ2) is 8.59. The van der Waals surface area contributed by atoms with Gasteiger partial charge in [-0.25, -0.2) is 9.78 Å². The first-order chi connectivity index (χ1) is 14.6. The van der Waals surface area contributed by atoms with E-state index in [4.69, 9.17) is 9.40 Å². The summed E-state index contributed by atoms with van der Waals surface area (Å²) in [4.78, 5) is 29.7. The van der Waals surface area contributed by atoms with Gasteiger partial charge in [0, 0.05) is 0 Å². The third-order valence-corrected chi connectivity index (χ3v) is 5.81. The number of thioether (sulfide) groups is 1. The van der Waals surface area contributed by atoms with Crippen molar-refractivity contribution in [1.82, 2.24) is 9.55 Å². The van der Waals surface area contributed by atoms with Gasteiger partial charge in [-0.15, -0.1) is 0 Å². The standard InChI is InChI=1S/C23H20N2O4S/c1-15(16-8-4-3-5-9-16)25-21(26)18-10-6-7-11-19(18)24-23(25)30-14-17-12-13-20(29-17)22(27)28-2/h3-13,15H,14H2,1-2H3/t15-/m0/s1. The second-order valence-electron chi connectivity index (χ2n) is 6.72. The Bertz CT molecular complexity index is 1250. The first kappa shape index (κ1) is 20.0. The molecule has 4 rings (SSSR count). The summed E-state index contributed by atoms with van der Waals surface area (Å²) in [5.74, 6) is 0.643. The predicted molar refractivity (Wildman–Crippen MR) is 116 cm³/mol. The zero-order valence-corrected chi connectivity index (χ0v) is 17.4. The van der Waals surface area contributed by atoms with Crippen LogP contribution in [0.2, 0.25) is 0 Å². The molecule has 0 aliphatic rings. The molecular formula is C23H20N2O4S. The summed E-state index contributed by atoms with van der Waals surface area (Å²) in [6, 6.07) is 20.3. The Kier molecular flexibility index (Phi) is 5.72. The molecule has 0 unspecified atom stereocenters. The lowest BCUT2D eigenvalue weighted by molar-refractivity contribution is 0.0563. The number of nitrogens with zero attached hydrogens (tertiary/aromatic N) is 2. The molecule has 7 heteroatoms. The third-order valence-electron chi connectivity index (χ3n) is 4.84. The minimum atomic E-state index is -0.523. The Labute approximate surface area is 177 Å². The highest BCUT2D eigenvalue weighted by Crippen LogP contribution is 2.27. The smallest absolute Gasteiger partial charge is 0.373 e. The van der Waals surface area contributed by atoms with Crippen LogP contribution in [0.1, 0.15) is 34.8 Å². The van der Waals surface area contributed by atoms with Crippen LogP contribution in [0.4, 0.5) is 0 Å². The number of carbonyl (C=O) groups is 1. The molecule has 0 bridgehead atoms. The lowest BCUT2D eigenvalue weighted by Gasteiger charge is -2.19. The zero-order valence-electron chi connectivity index (χ0n) is 16.6. The molecule has 0 aliphatic heterocycles. The van der Waals surface area contributed by atoms with Gasteiger partial charge in [0.2, 0.25) is 5.76 Å². The summed E-state index contributed by atoms with van der Waals surface area (Å²) >= 11 is 1.39. The minimum Gasteiger partial charge on any atom is -0.463 e. The van der Waals surface area contributed by atoms with Crippen molar-refractivity contribution in [3.05, 3.63) is 94.2 Å². The van der Waals surface area contributed by atoms with E-state index in [1.165, 1.54) is 18.9 Å². The van der Waals surface area contributed by atoms with Gasteiger partial charge in [-0.3, -0.25) is 9.36 Å². The van der Waals surface area contributed by atoms with E-state index in [0.29, 0.717) is 27.6 Å². The highest BCUT2D eigenvalue weighted by Gasteiger charge is 2.19. The SMILES string of the molecule is COC(=O)c1ccc(CSc2nc3ccccc3c(=O)n2[C@@H](C)c2ccccc2)o1. The van der Waals surface area contributed by atoms with Gasteiger partial charge in [0.15, 0.2) is 5.16 Å². The Morgan fingerprint density at radius 2 is 1.83 bits per heavy atom. The van der Waals surface area contributed by atoms with E-state index < -0.39 is 5.97 Å². The van der Waals surface area contributed by atoms with Crippen LogP contribution in [0, 0.1) is 0 Å². The fourth-order valence-corrected chi connectivity index (χ4v) is 4.22. The summed E-state index contributed by atoms with van der Waals surface area (Å²) in [5.41, 5.74) is 1.58. The van der Waals surface area contributed by atoms with Gasteiger partial charge in [0.05, 0.1) is 29.8 Å². The highest BCUT2D eigenvalue weighted by molar-refractivity contribution is 7.98. The van der Waals surface area contributed by atoms with E-state index >= 15 is 0 Å². The Hall–Kier alpha value is -3.32. The van der Waals surface area contributed by atoms with E-state index in [-0.39, 0.29) is 17.4 Å². The number of rotatable bonds is 6. The maximum Gasteiger partial charge on any atom is 0.373 e. The summed E-state index contributed by atoms with van der Waals surface area (Å²) in [5, 5.41) is 1.17. The van der Waals surface area contributed by atoms with Crippen LogP contribution < -0.4 is 5.56 Å². The molecule has 0 fully saturated rings. The van der Waals surface area contributed by atoms with Crippen molar-refractivity contribution in [3.8, 4) is 0 Å². The van der Waals surface area contributed by atoms with Gasteiger partial charge in [-0.2, -0.15) is 0 Å². The predicted octanol–water partition coefficient (Wildman–Crippen LogP) is 4.68. The van der Waals surface area contributed by atoms with Gasteiger partial charge >= 0.3 is 5.97 Å². The Morgan fingerprint density at radius 1 is 1.10 bits per heavy atom. The summed E-state index contributed by atoms with van der Waals surface area (Å²) in [7, 11) is 1.31. The number of ether oxygens (including phenoxy) is 1. The molecule has 0 spiro atoms. The average molecular weight is 420 g/mol. The second-order valence-corrected chi connectivity index (χ2v) is 7.66. The molecule has 30 heavy (non-hydrogen) atoms. The third kappa shape index (κ3) is 3.89. The Morgan fingerprint density at radius 3 is 2.60 bits per heavy atom. The van der Waals surface area contributed by atoms with Crippen molar-refractivity contribution in [2.24, 2.45) is 0 Å². The van der Waals surface area contributed by atoms with Gasteiger partial charge < -0.3 is 9.15 Å². The van der Waals surface area contributed by atoms with Crippen molar-refractivity contribution in [2.45, 2.75) is 23.9 Å². The molecule has 6 nitrogen and oxygen atoms in total. The van der Waals surface area contributed by atoms with Crippen LogP contribution in [-0.2, 0) is 10.5 Å². The molecule has 0 aliphatic carbocycles. The molecule has 152 valence electrons. The fraction of sp³-hybridized carbons (Fsp3) is 0.174. The van der Waals surface area contributed by atoms with Crippen LogP contribution >= 0.6 is 11.8 Å². The fourth-order valence-electron chi connectivity index (χ4n) is 3.25. The monoisotopic (exact) mass is 420 g/mol. The summed E-state index contributed by atoms with van der Waals surface area (Å²) in [6.07, 6.45) is 0. The van der Waals surface area contributed by atoms with Crippen molar-refractivity contribution in [1.29, 1.82) is 0 Å². The molecule has 0 radical (unpaired) electrons. The van der Waals surface area contributed by atoms with E-state index in [0.717, 1.165) is 5.56 Å². The lowest BCUT2D eigenvalue weighted by atomic mass is 10.1. The highest BCUT2D eigenvalue weighted by atomic mass is 32.2. The topological polar surface area (TPSA) is 74.3 Å².